The molecule has 2 heterocycles. The molecule has 1 fully saturated rings. The second-order valence-corrected chi connectivity index (χ2v) is 6.24. The molecule has 2 aromatic heterocycles. The van der Waals surface area contributed by atoms with E-state index in [1.54, 1.807) is 6.20 Å². The average Bonchev–Trinajstić information content (AvgIpc) is 2.59. The standard InChI is InChI=1S/C18H22FN5O/c19-14-11-21-18(22-12-14)24(13-16-5-1-2-9-20-16)10-4-8-17(25)23-15-6-3-7-15/h1-2,5,9,11-12,15H,3-4,6-8,10,13H2,(H,23,25). The van der Waals surface area contributed by atoms with Gasteiger partial charge in [-0.25, -0.2) is 14.4 Å². The number of anilines is 1. The van der Waals surface area contributed by atoms with Crippen LogP contribution >= 0.6 is 0 Å². The molecule has 1 aliphatic rings. The topological polar surface area (TPSA) is 71.0 Å². The van der Waals surface area contributed by atoms with Crippen LogP contribution in [0.25, 0.3) is 0 Å². The van der Waals surface area contributed by atoms with Gasteiger partial charge in [0.25, 0.3) is 0 Å². The van der Waals surface area contributed by atoms with Crippen molar-refractivity contribution in [2.45, 2.75) is 44.7 Å². The summed E-state index contributed by atoms with van der Waals surface area (Å²) >= 11 is 0. The van der Waals surface area contributed by atoms with Gasteiger partial charge in [-0.3, -0.25) is 9.78 Å². The second kappa shape index (κ2) is 8.50. The molecule has 0 atom stereocenters. The van der Waals surface area contributed by atoms with Crippen molar-refractivity contribution in [3.8, 4) is 0 Å². The first-order chi connectivity index (χ1) is 12.2. The van der Waals surface area contributed by atoms with Crippen molar-refractivity contribution in [3.05, 3.63) is 48.3 Å². The molecule has 1 N–H and O–H groups in total. The van der Waals surface area contributed by atoms with E-state index >= 15 is 0 Å². The summed E-state index contributed by atoms with van der Waals surface area (Å²) in [6.45, 7) is 1.11. The Bertz CT molecular complexity index is 676. The highest BCUT2D eigenvalue weighted by Crippen LogP contribution is 2.18. The van der Waals surface area contributed by atoms with Crippen LogP contribution in [0.1, 0.15) is 37.8 Å². The molecule has 3 rings (SSSR count). The molecule has 0 bridgehead atoms. The SMILES string of the molecule is O=C(CCCN(Cc1ccccn1)c1ncc(F)cn1)NC1CCC1. The smallest absolute Gasteiger partial charge is 0.225 e. The van der Waals surface area contributed by atoms with Crippen LogP contribution in [0.4, 0.5) is 10.3 Å². The third-order valence-electron chi connectivity index (χ3n) is 4.27. The van der Waals surface area contributed by atoms with E-state index in [9.17, 15) is 9.18 Å². The molecule has 7 heteroatoms. The first-order valence-electron chi connectivity index (χ1n) is 8.62. The van der Waals surface area contributed by atoms with E-state index in [1.807, 2.05) is 23.1 Å². The van der Waals surface area contributed by atoms with Gasteiger partial charge in [0, 0.05) is 25.2 Å². The highest BCUT2D eigenvalue weighted by atomic mass is 19.1. The Morgan fingerprint density at radius 3 is 2.68 bits per heavy atom. The van der Waals surface area contributed by atoms with Crippen LogP contribution in [0.5, 0.6) is 0 Å². The molecule has 6 nitrogen and oxygen atoms in total. The number of carbonyl (C=O) groups is 1. The zero-order valence-electron chi connectivity index (χ0n) is 14.1. The van der Waals surface area contributed by atoms with Crippen LogP contribution in [0.15, 0.2) is 36.8 Å². The lowest BCUT2D eigenvalue weighted by molar-refractivity contribution is -0.122. The summed E-state index contributed by atoms with van der Waals surface area (Å²) in [5.74, 6) is 0.0513. The third-order valence-corrected chi connectivity index (χ3v) is 4.27. The Hall–Kier alpha value is -2.57. The van der Waals surface area contributed by atoms with Crippen LogP contribution in [-0.2, 0) is 11.3 Å². The first kappa shape index (κ1) is 17.3. The molecule has 1 amide bonds. The predicted molar refractivity (Wildman–Crippen MR) is 92.3 cm³/mol. The van der Waals surface area contributed by atoms with Gasteiger partial charge in [-0.2, -0.15) is 0 Å². The predicted octanol–water partition coefficient (Wildman–Crippen LogP) is 2.47. The van der Waals surface area contributed by atoms with Gasteiger partial charge in [0.2, 0.25) is 11.9 Å². The fourth-order valence-corrected chi connectivity index (χ4v) is 2.69. The molecular weight excluding hydrogens is 321 g/mol. The van der Waals surface area contributed by atoms with E-state index in [4.69, 9.17) is 0 Å². The number of halogens is 1. The molecule has 0 saturated heterocycles. The Balaban J connectivity index is 1.57. The van der Waals surface area contributed by atoms with Crippen molar-refractivity contribution in [2.75, 3.05) is 11.4 Å². The van der Waals surface area contributed by atoms with Gasteiger partial charge in [0.05, 0.1) is 24.6 Å². The van der Waals surface area contributed by atoms with Crippen molar-refractivity contribution in [1.29, 1.82) is 0 Å². The summed E-state index contributed by atoms with van der Waals surface area (Å²) in [5.41, 5.74) is 0.870. The lowest BCUT2D eigenvalue weighted by Crippen LogP contribution is -2.39. The number of pyridine rings is 1. The van der Waals surface area contributed by atoms with Gasteiger partial charge < -0.3 is 10.2 Å². The maximum atomic E-state index is 13.1. The van der Waals surface area contributed by atoms with Gasteiger partial charge in [-0.1, -0.05) is 6.07 Å². The van der Waals surface area contributed by atoms with E-state index in [0.717, 1.165) is 30.9 Å². The van der Waals surface area contributed by atoms with E-state index < -0.39 is 5.82 Å². The number of carbonyl (C=O) groups excluding carboxylic acids is 1. The van der Waals surface area contributed by atoms with E-state index in [2.05, 4.69) is 20.3 Å². The molecule has 0 aliphatic heterocycles. The summed E-state index contributed by atoms with van der Waals surface area (Å²) in [6, 6.07) is 6.04. The van der Waals surface area contributed by atoms with Crippen molar-refractivity contribution < 1.29 is 9.18 Å². The van der Waals surface area contributed by atoms with Crippen LogP contribution in [0.3, 0.4) is 0 Å². The lowest BCUT2D eigenvalue weighted by atomic mass is 9.93. The van der Waals surface area contributed by atoms with Gasteiger partial charge in [0.1, 0.15) is 0 Å². The summed E-state index contributed by atoms with van der Waals surface area (Å²) in [6.07, 6.45) is 8.52. The number of nitrogens with zero attached hydrogens (tertiary/aromatic N) is 4. The van der Waals surface area contributed by atoms with Crippen LogP contribution in [0.2, 0.25) is 0 Å². The Morgan fingerprint density at radius 1 is 1.24 bits per heavy atom. The van der Waals surface area contributed by atoms with Gasteiger partial charge in [-0.15, -0.1) is 0 Å². The summed E-state index contributed by atoms with van der Waals surface area (Å²) in [4.78, 5) is 26.3. The molecule has 1 saturated carbocycles. The molecule has 2 aromatic rings. The monoisotopic (exact) mass is 343 g/mol. The maximum absolute atomic E-state index is 13.1. The molecule has 0 spiro atoms. The Kier molecular flexibility index (Phi) is 5.87. The normalized spacial score (nSPS) is 14.0. The zero-order chi connectivity index (χ0) is 17.5. The quantitative estimate of drug-likeness (QED) is 0.797. The fourth-order valence-electron chi connectivity index (χ4n) is 2.69. The molecule has 0 aromatic carbocycles. The lowest BCUT2D eigenvalue weighted by Gasteiger charge is -2.26. The number of rotatable bonds is 8. The van der Waals surface area contributed by atoms with E-state index in [1.165, 1.54) is 6.42 Å². The van der Waals surface area contributed by atoms with Gasteiger partial charge >= 0.3 is 0 Å². The summed E-state index contributed by atoms with van der Waals surface area (Å²) in [5, 5.41) is 3.04. The third kappa shape index (κ3) is 5.20. The van der Waals surface area contributed by atoms with E-state index in [0.29, 0.717) is 37.9 Å². The number of aromatic nitrogens is 3. The van der Waals surface area contributed by atoms with Crippen LogP contribution in [0, 0.1) is 5.82 Å². The van der Waals surface area contributed by atoms with Gasteiger partial charge in [-0.05, 0) is 37.8 Å². The molecule has 0 radical (unpaired) electrons. The molecule has 25 heavy (non-hydrogen) atoms. The van der Waals surface area contributed by atoms with Crippen molar-refractivity contribution >= 4 is 11.9 Å². The summed E-state index contributed by atoms with van der Waals surface area (Å²) < 4.78 is 13.1. The largest absolute Gasteiger partial charge is 0.353 e. The number of hydrogen-bond acceptors (Lipinski definition) is 5. The van der Waals surface area contributed by atoms with Crippen molar-refractivity contribution in [3.63, 3.8) is 0 Å². The molecule has 1 aliphatic carbocycles. The second-order valence-electron chi connectivity index (χ2n) is 6.24. The fraction of sp³-hybridized carbons (Fsp3) is 0.444. The molecular formula is C18H22FN5O. The maximum Gasteiger partial charge on any atom is 0.225 e. The molecule has 0 unspecified atom stereocenters. The minimum atomic E-state index is -0.471. The van der Waals surface area contributed by atoms with Crippen LogP contribution in [-0.4, -0.2) is 33.4 Å². The highest BCUT2D eigenvalue weighted by Gasteiger charge is 2.19. The number of amides is 1. The molecule has 132 valence electrons. The Labute approximate surface area is 146 Å². The van der Waals surface area contributed by atoms with Gasteiger partial charge in [0.15, 0.2) is 5.82 Å². The first-order valence-corrected chi connectivity index (χ1v) is 8.62. The average molecular weight is 343 g/mol. The minimum absolute atomic E-state index is 0.0857. The van der Waals surface area contributed by atoms with E-state index in [-0.39, 0.29) is 5.91 Å². The number of hydrogen-bond donors (Lipinski definition) is 1. The van der Waals surface area contributed by atoms with Crippen LogP contribution < -0.4 is 10.2 Å². The zero-order valence-corrected chi connectivity index (χ0v) is 14.1. The number of nitrogens with one attached hydrogen (secondary N) is 1. The van der Waals surface area contributed by atoms with Crippen molar-refractivity contribution in [2.24, 2.45) is 0 Å². The van der Waals surface area contributed by atoms with Crippen molar-refractivity contribution in [1.82, 2.24) is 20.3 Å². The highest BCUT2D eigenvalue weighted by molar-refractivity contribution is 5.76. The minimum Gasteiger partial charge on any atom is -0.353 e. The summed E-state index contributed by atoms with van der Waals surface area (Å²) in [7, 11) is 0. The Morgan fingerprint density at radius 2 is 2.04 bits per heavy atom.